The minimum absolute atomic E-state index is 0.0888. The van der Waals surface area contributed by atoms with Gasteiger partial charge >= 0.3 is 0 Å². The maximum absolute atomic E-state index is 5.77. The van der Waals surface area contributed by atoms with Crippen LogP contribution in [0, 0.1) is 0 Å². The summed E-state index contributed by atoms with van der Waals surface area (Å²) in [5, 5.41) is 0. The zero-order valence-electron chi connectivity index (χ0n) is 9.25. The topological polar surface area (TPSA) is 35.2 Å². The third-order valence-corrected chi connectivity index (χ3v) is 2.91. The van der Waals surface area contributed by atoms with Gasteiger partial charge in [0.15, 0.2) is 0 Å². The molecule has 15 heavy (non-hydrogen) atoms. The number of nitrogens with two attached hydrogens (primary N) is 1. The highest BCUT2D eigenvalue weighted by Crippen LogP contribution is 2.26. The number of ether oxygens (including phenoxy) is 1. The zero-order chi connectivity index (χ0) is 11.4. The monoisotopic (exact) mass is 269 g/mol. The summed E-state index contributed by atoms with van der Waals surface area (Å²) in [6.45, 7) is 4.01. The molecule has 0 fully saturated rings. The van der Waals surface area contributed by atoms with E-state index in [1.807, 2.05) is 32.0 Å². The van der Waals surface area contributed by atoms with Crippen molar-refractivity contribution in [3.63, 3.8) is 0 Å². The number of methoxy groups -OCH3 is 1. The Labute approximate surface area is 99.3 Å². The Balaban J connectivity index is 2.98. The molecule has 0 spiro atoms. The number of hydrogen-bond donors (Lipinski definition) is 1. The van der Waals surface area contributed by atoms with Crippen molar-refractivity contribution in [2.75, 3.05) is 7.11 Å². The minimum Gasteiger partial charge on any atom is -0.496 e. The van der Waals surface area contributed by atoms with Crippen molar-refractivity contribution >= 4 is 22.0 Å². The molecule has 0 bridgehead atoms. The second-order valence-electron chi connectivity index (χ2n) is 3.57. The van der Waals surface area contributed by atoms with Crippen LogP contribution in [0.5, 0.6) is 5.75 Å². The summed E-state index contributed by atoms with van der Waals surface area (Å²) in [5.41, 5.74) is 8.06. The largest absolute Gasteiger partial charge is 0.496 e. The van der Waals surface area contributed by atoms with Crippen molar-refractivity contribution < 1.29 is 4.74 Å². The average molecular weight is 270 g/mol. The Bertz CT molecular complexity index is 372. The van der Waals surface area contributed by atoms with Crippen LogP contribution in [-0.2, 0) is 0 Å². The lowest BCUT2D eigenvalue weighted by Gasteiger charge is -2.07. The van der Waals surface area contributed by atoms with Crippen molar-refractivity contribution in [1.82, 2.24) is 0 Å². The molecule has 0 saturated carbocycles. The normalized spacial score (nSPS) is 13.8. The first-order chi connectivity index (χ1) is 7.04. The van der Waals surface area contributed by atoms with Gasteiger partial charge < -0.3 is 10.5 Å². The molecule has 82 valence electrons. The van der Waals surface area contributed by atoms with Crippen molar-refractivity contribution in [3.8, 4) is 5.75 Å². The molecule has 0 aliphatic rings. The molecular weight excluding hydrogens is 254 g/mol. The first-order valence-electron chi connectivity index (χ1n) is 4.82. The molecule has 1 rings (SSSR count). The first-order valence-corrected chi connectivity index (χ1v) is 5.61. The lowest BCUT2D eigenvalue weighted by Crippen LogP contribution is -2.15. The van der Waals surface area contributed by atoms with Crippen LogP contribution in [0.15, 0.2) is 28.2 Å². The highest BCUT2D eigenvalue weighted by Gasteiger charge is 2.01. The molecule has 0 saturated heterocycles. The second kappa shape index (κ2) is 5.33. The van der Waals surface area contributed by atoms with E-state index in [9.17, 15) is 0 Å². The van der Waals surface area contributed by atoms with E-state index in [-0.39, 0.29) is 6.04 Å². The summed E-state index contributed by atoms with van der Waals surface area (Å²) in [7, 11) is 1.66. The van der Waals surface area contributed by atoms with Gasteiger partial charge in [-0.3, -0.25) is 0 Å². The molecule has 3 heteroatoms. The van der Waals surface area contributed by atoms with Gasteiger partial charge in [0.05, 0.1) is 11.6 Å². The van der Waals surface area contributed by atoms with Crippen LogP contribution < -0.4 is 10.5 Å². The number of halogens is 1. The molecule has 0 amide bonds. The highest BCUT2D eigenvalue weighted by molar-refractivity contribution is 9.10. The van der Waals surface area contributed by atoms with E-state index >= 15 is 0 Å². The van der Waals surface area contributed by atoms with E-state index in [1.165, 1.54) is 0 Å². The first kappa shape index (κ1) is 12.3. The fourth-order valence-electron chi connectivity index (χ4n) is 1.17. The van der Waals surface area contributed by atoms with Gasteiger partial charge in [0, 0.05) is 6.04 Å². The maximum Gasteiger partial charge on any atom is 0.133 e. The summed E-state index contributed by atoms with van der Waals surface area (Å²) in [6.07, 6.45) is 2.08. The third-order valence-electron chi connectivity index (χ3n) is 2.29. The lowest BCUT2D eigenvalue weighted by molar-refractivity contribution is 0.412. The van der Waals surface area contributed by atoms with Gasteiger partial charge in [-0.1, -0.05) is 17.7 Å². The fraction of sp³-hybridized carbons (Fsp3) is 0.333. The highest BCUT2D eigenvalue weighted by atomic mass is 79.9. The quantitative estimate of drug-likeness (QED) is 0.915. The molecule has 0 aliphatic carbocycles. The van der Waals surface area contributed by atoms with Crippen LogP contribution in [-0.4, -0.2) is 13.2 Å². The smallest absolute Gasteiger partial charge is 0.133 e. The van der Waals surface area contributed by atoms with E-state index in [4.69, 9.17) is 10.5 Å². The van der Waals surface area contributed by atoms with Gasteiger partial charge in [-0.2, -0.15) is 0 Å². The Kier molecular flexibility index (Phi) is 4.36. The van der Waals surface area contributed by atoms with E-state index in [0.717, 1.165) is 21.4 Å². The standard InChI is InChI=1S/C12H16BrNO/c1-8(9(2)14)6-10-4-5-12(15-3)11(13)7-10/h4-7,9H,14H2,1-3H3/b8-6-. The maximum atomic E-state index is 5.77. The van der Waals surface area contributed by atoms with Crippen LogP contribution in [0.2, 0.25) is 0 Å². The number of benzene rings is 1. The third kappa shape index (κ3) is 3.36. The summed E-state index contributed by atoms with van der Waals surface area (Å²) in [4.78, 5) is 0. The Morgan fingerprint density at radius 3 is 2.67 bits per heavy atom. The van der Waals surface area contributed by atoms with Crippen molar-refractivity contribution in [1.29, 1.82) is 0 Å². The summed E-state index contributed by atoms with van der Waals surface area (Å²) < 4.78 is 6.11. The van der Waals surface area contributed by atoms with Gasteiger partial charge in [-0.05, 0) is 47.5 Å². The molecule has 0 heterocycles. The molecule has 1 aromatic rings. The van der Waals surface area contributed by atoms with Crippen LogP contribution in [0.25, 0.3) is 6.08 Å². The molecule has 2 N–H and O–H groups in total. The molecule has 1 unspecified atom stereocenters. The van der Waals surface area contributed by atoms with Crippen LogP contribution in [0.3, 0.4) is 0 Å². The number of hydrogen-bond acceptors (Lipinski definition) is 2. The van der Waals surface area contributed by atoms with E-state index < -0.39 is 0 Å². The van der Waals surface area contributed by atoms with Crippen molar-refractivity contribution in [3.05, 3.63) is 33.8 Å². The number of rotatable bonds is 3. The molecule has 1 atom stereocenters. The predicted octanol–water partition coefficient (Wildman–Crippen LogP) is 3.21. The van der Waals surface area contributed by atoms with Gasteiger partial charge in [0.2, 0.25) is 0 Å². The molecular formula is C12H16BrNO. The van der Waals surface area contributed by atoms with Crippen molar-refractivity contribution in [2.45, 2.75) is 19.9 Å². The summed E-state index contributed by atoms with van der Waals surface area (Å²) >= 11 is 3.45. The predicted molar refractivity (Wildman–Crippen MR) is 68.0 cm³/mol. The van der Waals surface area contributed by atoms with Crippen LogP contribution in [0.1, 0.15) is 19.4 Å². The molecule has 1 aromatic carbocycles. The van der Waals surface area contributed by atoms with E-state index in [2.05, 4.69) is 22.0 Å². The SMILES string of the molecule is COc1ccc(/C=C(/C)C(C)N)cc1Br. The average Bonchev–Trinajstić information content (AvgIpc) is 2.18. The minimum atomic E-state index is 0.0888. The summed E-state index contributed by atoms with van der Waals surface area (Å²) in [5.74, 6) is 0.839. The Morgan fingerprint density at radius 2 is 2.20 bits per heavy atom. The molecule has 0 aliphatic heterocycles. The van der Waals surface area contributed by atoms with Gasteiger partial charge in [-0.25, -0.2) is 0 Å². The van der Waals surface area contributed by atoms with E-state index in [1.54, 1.807) is 7.11 Å². The summed E-state index contributed by atoms with van der Waals surface area (Å²) in [6, 6.07) is 6.05. The van der Waals surface area contributed by atoms with Gasteiger partial charge in [0.1, 0.15) is 5.75 Å². The molecule has 2 nitrogen and oxygen atoms in total. The van der Waals surface area contributed by atoms with E-state index in [0.29, 0.717) is 0 Å². The van der Waals surface area contributed by atoms with Gasteiger partial charge in [0.25, 0.3) is 0 Å². The van der Waals surface area contributed by atoms with Crippen molar-refractivity contribution in [2.24, 2.45) is 5.73 Å². The zero-order valence-corrected chi connectivity index (χ0v) is 10.8. The lowest BCUT2D eigenvalue weighted by atomic mass is 10.1. The van der Waals surface area contributed by atoms with Crippen LogP contribution >= 0.6 is 15.9 Å². The second-order valence-corrected chi connectivity index (χ2v) is 4.43. The molecule has 0 aromatic heterocycles. The Morgan fingerprint density at radius 1 is 1.53 bits per heavy atom. The fourth-order valence-corrected chi connectivity index (χ4v) is 1.73. The molecule has 0 radical (unpaired) electrons. The van der Waals surface area contributed by atoms with Gasteiger partial charge in [-0.15, -0.1) is 0 Å². The Hall–Kier alpha value is -0.800. The van der Waals surface area contributed by atoms with Crippen LogP contribution in [0.4, 0.5) is 0 Å².